The second-order valence-corrected chi connectivity index (χ2v) is 2.35. The summed E-state index contributed by atoms with van der Waals surface area (Å²) < 4.78 is 0. The zero-order valence-electron chi connectivity index (χ0n) is 6.46. The molecule has 1 aromatic heterocycles. The van der Waals surface area contributed by atoms with Crippen molar-refractivity contribution in [3.63, 3.8) is 0 Å². The van der Waals surface area contributed by atoms with E-state index in [-0.39, 0.29) is 0 Å². The van der Waals surface area contributed by atoms with Crippen LogP contribution in [-0.4, -0.2) is 15.4 Å². The molecular weight excluding hydrogens is 140 g/mol. The van der Waals surface area contributed by atoms with Crippen LogP contribution in [0.25, 0.3) is 0 Å². The van der Waals surface area contributed by atoms with Crippen molar-refractivity contribution in [2.45, 2.75) is 26.2 Å². The summed E-state index contributed by atoms with van der Waals surface area (Å²) in [5, 5.41) is 18.4. The van der Waals surface area contributed by atoms with Gasteiger partial charge < -0.3 is 0 Å². The Morgan fingerprint density at radius 1 is 1.64 bits per heavy atom. The largest absolute Gasteiger partial charge is 0.261 e. The van der Waals surface area contributed by atoms with Gasteiger partial charge in [-0.25, -0.2) is 0 Å². The van der Waals surface area contributed by atoms with E-state index in [9.17, 15) is 0 Å². The lowest BCUT2D eigenvalue weighted by Crippen LogP contribution is -1.88. The number of aromatic nitrogens is 3. The zero-order valence-corrected chi connectivity index (χ0v) is 6.46. The second-order valence-electron chi connectivity index (χ2n) is 2.35. The second kappa shape index (κ2) is 3.71. The monoisotopic (exact) mass is 150 g/mol. The molecule has 1 aromatic rings. The van der Waals surface area contributed by atoms with Gasteiger partial charge in [0.2, 0.25) is 0 Å². The first kappa shape index (κ1) is 7.73. The Kier molecular flexibility index (Phi) is 2.61. The molecule has 0 saturated heterocycles. The van der Waals surface area contributed by atoms with Gasteiger partial charge in [-0.05, 0) is 12.8 Å². The van der Waals surface area contributed by atoms with Gasteiger partial charge in [0.15, 0.2) is 5.69 Å². The molecule has 0 aliphatic carbocycles. The lowest BCUT2D eigenvalue weighted by atomic mass is 10.2. The number of hydrogen-bond donors (Lipinski definition) is 1. The van der Waals surface area contributed by atoms with Crippen molar-refractivity contribution < 1.29 is 0 Å². The minimum Gasteiger partial charge on any atom is -0.261 e. The van der Waals surface area contributed by atoms with E-state index in [4.69, 9.17) is 5.26 Å². The molecule has 0 spiro atoms. The molecule has 58 valence electrons. The van der Waals surface area contributed by atoms with Crippen molar-refractivity contribution in [2.75, 3.05) is 0 Å². The van der Waals surface area contributed by atoms with Crippen molar-refractivity contribution in [3.05, 3.63) is 11.4 Å². The first-order chi connectivity index (χ1) is 5.38. The molecule has 0 aromatic carbocycles. The minimum absolute atomic E-state index is 0.429. The maximum absolute atomic E-state index is 8.53. The topological polar surface area (TPSA) is 65.4 Å². The van der Waals surface area contributed by atoms with Gasteiger partial charge in [-0.3, -0.25) is 5.10 Å². The van der Waals surface area contributed by atoms with Crippen LogP contribution in [-0.2, 0) is 6.42 Å². The Labute approximate surface area is 65.2 Å². The Hall–Kier alpha value is -1.37. The summed E-state index contributed by atoms with van der Waals surface area (Å²) in [5.41, 5.74) is 1.29. The Bertz CT molecular complexity index is 258. The highest BCUT2D eigenvalue weighted by molar-refractivity contribution is 5.23. The highest BCUT2D eigenvalue weighted by Crippen LogP contribution is 2.03. The fourth-order valence-electron chi connectivity index (χ4n) is 0.866. The number of aryl methyl sites for hydroxylation is 1. The van der Waals surface area contributed by atoms with Crippen molar-refractivity contribution in [1.29, 1.82) is 5.26 Å². The van der Waals surface area contributed by atoms with Crippen molar-refractivity contribution in [1.82, 2.24) is 15.4 Å². The summed E-state index contributed by atoms with van der Waals surface area (Å²) in [7, 11) is 0. The van der Waals surface area contributed by atoms with Gasteiger partial charge in [-0.2, -0.15) is 5.26 Å². The van der Waals surface area contributed by atoms with E-state index in [1.165, 1.54) is 0 Å². The smallest absolute Gasteiger partial charge is 0.185 e. The van der Waals surface area contributed by atoms with Crippen LogP contribution >= 0.6 is 0 Å². The molecule has 0 radical (unpaired) electrons. The molecule has 1 heterocycles. The molecule has 0 aliphatic rings. The maximum atomic E-state index is 8.53. The van der Waals surface area contributed by atoms with Crippen molar-refractivity contribution >= 4 is 0 Å². The minimum atomic E-state index is 0.429. The number of nitrogens with zero attached hydrogens (tertiary/aromatic N) is 3. The standard InChI is InChI=1S/C7H10N4/c1-2-3-4-6-7(5-8)10-11-9-6/h2-4H2,1H3,(H,9,10,11). The molecule has 0 bridgehead atoms. The van der Waals surface area contributed by atoms with Crippen LogP contribution in [0.2, 0.25) is 0 Å². The van der Waals surface area contributed by atoms with Crippen LogP contribution in [0.5, 0.6) is 0 Å². The van der Waals surface area contributed by atoms with Gasteiger partial charge in [0.25, 0.3) is 0 Å². The van der Waals surface area contributed by atoms with Crippen LogP contribution in [0, 0.1) is 11.3 Å². The molecule has 0 unspecified atom stereocenters. The quantitative estimate of drug-likeness (QED) is 0.699. The van der Waals surface area contributed by atoms with Gasteiger partial charge in [0, 0.05) is 0 Å². The summed E-state index contributed by atoms with van der Waals surface area (Å²) in [4.78, 5) is 0. The first-order valence-electron chi connectivity index (χ1n) is 3.68. The first-order valence-corrected chi connectivity index (χ1v) is 3.68. The fraction of sp³-hybridized carbons (Fsp3) is 0.571. The Balaban J connectivity index is 2.63. The number of nitrogens with one attached hydrogen (secondary N) is 1. The average Bonchev–Trinajstić information content (AvgIpc) is 2.47. The third kappa shape index (κ3) is 1.77. The van der Waals surface area contributed by atoms with Crippen molar-refractivity contribution in [2.24, 2.45) is 0 Å². The van der Waals surface area contributed by atoms with Crippen LogP contribution in [0.15, 0.2) is 0 Å². The SMILES string of the molecule is CCCCc1[nH]nnc1C#N. The third-order valence-electron chi connectivity index (χ3n) is 1.51. The lowest BCUT2D eigenvalue weighted by molar-refractivity contribution is 0.769. The van der Waals surface area contributed by atoms with Gasteiger partial charge in [-0.1, -0.05) is 18.6 Å². The highest BCUT2D eigenvalue weighted by Gasteiger charge is 2.03. The van der Waals surface area contributed by atoms with E-state index < -0.39 is 0 Å². The van der Waals surface area contributed by atoms with E-state index in [2.05, 4.69) is 22.3 Å². The molecule has 4 nitrogen and oxygen atoms in total. The van der Waals surface area contributed by atoms with E-state index >= 15 is 0 Å². The fourth-order valence-corrected chi connectivity index (χ4v) is 0.866. The molecule has 0 fully saturated rings. The summed E-state index contributed by atoms with van der Waals surface area (Å²) in [6.45, 7) is 2.11. The van der Waals surface area contributed by atoms with Crippen LogP contribution < -0.4 is 0 Å². The molecule has 11 heavy (non-hydrogen) atoms. The number of unbranched alkanes of at least 4 members (excludes halogenated alkanes) is 1. The molecule has 1 rings (SSSR count). The van der Waals surface area contributed by atoms with Crippen molar-refractivity contribution in [3.8, 4) is 6.07 Å². The van der Waals surface area contributed by atoms with Gasteiger partial charge in [0.05, 0.1) is 5.69 Å². The summed E-state index contributed by atoms with van der Waals surface area (Å²) in [6.07, 6.45) is 3.05. The van der Waals surface area contributed by atoms with E-state index in [1.54, 1.807) is 0 Å². The normalized spacial score (nSPS) is 9.45. The van der Waals surface area contributed by atoms with Gasteiger partial charge in [0.1, 0.15) is 6.07 Å². The molecule has 0 aliphatic heterocycles. The molecular formula is C7H10N4. The number of H-pyrrole nitrogens is 1. The number of nitriles is 1. The third-order valence-corrected chi connectivity index (χ3v) is 1.51. The molecule has 0 saturated carbocycles. The number of aromatic amines is 1. The number of rotatable bonds is 3. The summed E-state index contributed by atoms with van der Waals surface area (Å²) >= 11 is 0. The van der Waals surface area contributed by atoms with Crippen LogP contribution in [0.4, 0.5) is 0 Å². The van der Waals surface area contributed by atoms with E-state index in [1.807, 2.05) is 6.07 Å². The van der Waals surface area contributed by atoms with Gasteiger partial charge >= 0.3 is 0 Å². The lowest BCUT2D eigenvalue weighted by Gasteiger charge is -1.91. The van der Waals surface area contributed by atoms with Gasteiger partial charge in [-0.15, -0.1) is 5.10 Å². The predicted octanol–water partition coefficient (Wildman–Crippen LogP) is 1.02. The predicted molar refractivity (Wildman–Crippen MR) is 39.7 cm³/mol. The van der Waals surface area contributed by atoms with Crippen LogP contribution in [0.3, 0.4) is 0 Å². The number of hydrogen-bond acceptors (Lipinski definition) is 3. The van der Waals surface area contributed by atoms with E-state index in [0.717, 1.165) is 25.0 Å². The Morgan fingerprint density at radius 2 is 2.45 bits per heavy atom. The zero-order chi connectivity index (χ0) is 8.10. The van der Waals surface area contributed by atoms with E-state index in [0.29, 0.717) is 5.69 Å². The molecule has 0 amide bonds. The summed E-state index contributed by atoms with van der Waals surface area (Å²) in [5.74, 6) is 0. The highest BCUT2D eigenvalue weighted by atomic mass is 15.3. The molecule has 0 atom stereocenters. The average molecular weight is 150 g/mol. The Morgan fingerprint density at radius 3 is 3.09 bits per heavy atom. The molecule has 1 N–H and O–H groups in total. The summed E-state index contributed by atoms with van der Waals surface area (Å²) in [6, 6.07) is 1.98. The van der Waals surface area contributed by atoms with Crippen LogP contribution in [0.1, 0.15) is 31.2 Å². The molecule has 4 heteroatoms. The maximum Gasteiger partial charge on any atom is 0.185 e.